The number of benzene rings is 5. The monoisotopic (exact) mass is 579 g/mol. The van der Waals surface area contributed by atoms with Crippen LogP contribution in [0.4, 0.5) is 0 Å². The van der Waals surface area contributed by atoms with E-state index in [9.17, 15) is 0 Å². The molecule has 0 fully saturated rings. The first kappa shape index (κ1) is 24.9. The van der Waals surface area contributed by atoms with Gasteiger partial charge in [0, 0.05) is 50.5 Å². The van der Waals surface area contributed by atoms with E-state index in [1.54, 1.807) is 0 Å². The first-order valence-electron chi connectivity index (χ1n) is 15.9. The fourth-order valence-corrected chi connectivity index (χ4v) is 7.68. The Labute approximate surface area is 261 Å². The van der Waals surface area contributed by atoms with E-state index in [0.29, 0.717) is 0 Å². The van der Waals surface area contributed by atoms with Gasteiger partial charge in [-0.25, -0.2) is 0 Å². The summed E-state index contributed by atoms with van der Waals surface area (Å²) in [5.74, 6) is 2.94. The van der Waals surface area contributed by atoms with Gasteiger partial charge in [-0.15, -0.1) is 0 Å². The molecule has 1 aliphatic heterocycles. The van der Waals surface area contributed by atoms with E-state index in [0.717, 1.165) is 70.9 Å². The third kappa shape index (κ3) is 3.64. The van der Waals surface area contributed by atoms with E-state index < -0.39 is 0 Å². The van der Waals surface area contributed by atoms with Gasteiger partial charge in [-0.05, 0) is 72.4 Å². The Morgan fingerprint density at radius 3 is 2.33 bits per heavy atom. The van der Waals surface area contributed by atoms with E-state index >= 15 is 0 Å². The van der Waals surface area contributed by atoms with E-state index in [-0.39, 0.29) is 0 Å². The van der Waals surface area contributed by atoms with Crippen LogP contribution in [-0.4, -0.2) is 4.57 Å². The standard InChI is InChI=1S/C42H29NO2/c1-2-11-30-29(10-1)32-13-4-7-18-39(32)44-41-25-35-31-12-3-6-17-37(31)43(38(35)24-36(30)41)27-22-20-26(21-23-27)28-15-9-16-34-33-14-5-8-19-40(33)45-42(28)34/h2-7,9,11-18,20-25H,1,8,10,19H2. The van der Waals surface area contributed by atoms with Crippen molar-refractivity contribution in [1.29, 1.82) is 0 Å². The number of aromatic nitrogens is 1. The quantitative estimate of drug-likeness (QED) is 0.204. The number of para-hydroxylation sites is 3. The van der Waals surface area contributed by atoms with Gasteiger partial charge in [0.1, 0.15) is 22.8 Å². The van der Waals surface area contributed by atoms with E-state index in [1.807, 2.05) is 0 Å². The van der Waals surface area contributed by atoms with Crippen molar-refractivity contribution in [1.82, 2.24) is 4.57 Å². The maximum atomic E-state index is 6.70. The molecule has 0 saturated carbocycles. The van der Waals surface area contributed by atoms with E-state index in [1.165, 1.54) is 49.5 Å². The zero-order chi connectivity index (χ0) is 29.5. The Balaban J connectivity index is 1.16. The summed E-state index contributed by atoms with van der Waals surface area (Å²) in [4.78, 5) is 0. The first-order valence-corrected chi connectivity index (χ1v) is 15.9. The second kappa shape index (κ2) is 9.48. The molecule has 214 valence electrons. The summed E-state index contributed by atoms with van der Waals surface area (Å²) < 4.78 is 15.5. The molecule has 3 heteroatoms. The van der Waals surface area contributed by atoms with Gasteiger partial charge in [-0.2, -0.15) is 0 Å². The molecule has 10 rings (SSSR count). The van der Waals surface area contributed by atoms with Crippen molar-refractivity contribution in [2.45, 2.75) is 25.7 Å². The van der Waals surface area contributed by atoms with E-state index in [2.05, 4.69) is 132 Å². The lowest BCUT2D eigenvalue weighted by atomic mass is 9.88. The minimum atomic E-state index is 0.911. The number of ether oxygens (including phenoxy) is 1. The number of rotatable bonds is 2. The molecule has 0 radical (unpaired) electrons. The van der Waals surface area contributed by atoms with Gasteiger partial charge in [-0.1, -0.05) is 91.0 Å². The largest absolute Gasteiger partial charge is 0.460 e. The van der Waals surface area contributed by atoms with Gasteiger partial charge in [0.2, 0.25) is 0 Å². The Bertz CT molecular complexity index is 2450. The van der Waals surface area contributed by atoms with Crippen molar-refractivity contribution in [3.63, 3.8) is 0 Å². The van der Waals surface area contributed by atoms with Crippen LogP contribution in [0.15, 0.2) is 126 Å². The lowest BCUT2D eigenvalue weighted by molar-refractivity contribution is 0.482. The molecule has 5 aromatic carbocycles. The summed E-state index contributed by atoms with van der Waals surface area (Å²) >= 11 is 0. The molecule has 3 heterocycles. The molecule has 0 saturated heterocycles. The second-order valence-electron chi connectivity index (χ2n) is 12.3. The van der Waals surface area contributed by atoms with Crippen LogP contribution < -0.4 is 4.74 Å². The predicted molar refractivity (Wildman–Crippen MR) is 185 cm³/mol. The lowest BCUT2D eigenvalue weighted by Crippen LogP contribution is -1.96. The SMILES string of the molecule is C1=CC2=C(CC1)c1ccccc1Oc1cc3c4ccccc4n(-c4ccc(-c5cccc6c7c(oc56)CCC=C7)cc4)c3cc12. The summed E-state index contributed by atoms with van der Waals surface area (Å²) in [6.07, 6.45) is 13.1. The maximum Gasteiger partial charge on any atom is 0.142 e. The molecule has 2 aromatic heterocycles. The first-order chi connectivity index (χ1) is 22.3. The molecule has 0 amide bonds. The number of furan rings is 1. The average molecular weight is 580 g/mol. The highest BCUT2D eigenvalue weighted by Crippen LogP contribution is 2.48. The smallest absolute Gasteiger partial charge is 0.142 e. The summed E-state index contributed by atoms with van der Waals surface area (Å²) in [5, 5.41) is 3.60. The number of aryl methyl sites for hydroxylation is 1. The number of allylic oxidation sites excluding steroid dienone is 5. The third-order valence-corrected chi connectivity index (χ3v) is 9.76. The van der Waals surface area contributed by atoms with Crippen LogP contribution in [0.3, 0.4) is 0 Å². The van der Waals surface area contributed by atoms with Gasteiger partial charge in [0.15, 0.2) is 0 Å². The van der Waals surface area contributed by atoms with E-state index in [4.69, 9.17) is 9.15 Å². The van der Waals surface area contributed by atoms with Crippen LogP contribution in [0, 0.1) is 0 Å². The molecular formula is C42H29NO2. The van der Waals surface area contributed by atoms with Gasteiger partial charge >= 0.3 is 0 Å². The van der Waals surface area contributed by atoms with Crippen molar-refractivity contribution in [2.75, 3.05) is 0 Å². The Hall–Kier alpha value is -5.54. The Morgan fingerprint density at radius 2 is 1.38 bits per heavy atom. The van der Waals surface area contributed by atoms with Gasteiger partial charge in [0.25, 0.3) is 0 Å². The molecule has 0 atom stereocenters. The van der Waals surface area contributed by atoms with Crippen molar-refractivity contribution in [3.8, 4) is 28.3 Å². The molecule has 0 spiro atoms. The van der Waals surface area contributed by atoms with Gasteiger partial charge < -0.3 is 13.7 Å². The van der Waals surface area contributed by atoms with Crippen molar-refractivity contribution in [3.05, 3.63) is 144 Å². The predicted octanol–water partition coefficient (Wildman–Crippen LogP) is 11.5. The fraction of sp³-hybridized carbons (Fsp3) is 0.0952. The average Bonchev–Trinajstić information content (AvgIpc) is 3.59. The molecular weight excluding hydrogens is 550 g/mol. The second-order valence-corrected chi connectivity index (χ2v) is 12.3. The highest BCUT2D eigenvalue weighted by Gasteiger charge is 2.25. The molecule has 7 aromatic rings. The number of fused-ring (bicyclic) bond motifs is 10. The molecule has 0 N–H and O–H groups in total. The molecule has 3 nitrogen and oxygen atoms in total. The molecule has 3 aliphatic rings. The summed E-state index contributed by atoms with van der Waals surface area (Å²) in [6, 6.07) is 37.2. The van der Waals surface area contributed by atoms with Crippen LogP contribution >= 0.6 is 0 Å². The van der Waals surface area contributed by atoms with Crippen molar-refractivity contribution >= 4 is 50.0 Å². The highest BCUT2D eigenvalue weighted by atomic mass is 16.5. The van der Waals surface area contributed by atoms with Gasteiger partial charge in [-0.3, -0.25) is 0 Å². The minimum absolute atomic E-state index is 0.911. The zero-order valence-electron chi connectivity index (χ0n) is 24.7. The van der Waals surface area contributed by atoms with Crippen molar-refractivity contribution < 1.29 is 9.15 Å². The normalized spacial score (nSPS) is 15.1. The molecule has 2 aliphatic carbocycles. The number of hydrogen-bond acceptors (Lipinski definition) is 2. The molecule has 45 heavy (non-hydrogen) atoms. The Kier molecular flexibility index (Phi) is 5.23. The third-order valence-electron chi connectivity index (χ3n) is 9.76. The van der Waals surface area contributed by atoms with Crippen LogP contribution in [0.1, 0.15) is 41.7 Å². The fourth-order valence-electron chi connectivity index (χ4n) is 7.68. The molecule has 0 unspecified atom stereocenters. The highest BCUT2D eigenvalue weighted by molar-refractivity contribution is 6.12. The number of nitrogens with zero attached hydrogens (tertiary/aromatic N) is 1. The van der Waals surface area contributed by atoms with Crippen LogP contribution in [0.2, 0.25) is 0 Å². The van der Waals surface area contributed by atoms with Crippen LogP contribution in [0.25, 0.3) is 66.8 Å². The lowest BCUT2D eigenvalue weighted by Gasteiger charge is -2.16. The molecule has 0 bridgehead atoms. The van der Waals surface area contributed by atoms with Gasteiger partial charge in [0.05, 0.1) is 11.0 Å². The summed E-state index contributed by atoms with van der Waals surface area (Å²) in [7, 11) is 0. The van der Waals surface area contributed by atoms with Crippen LogP contribution in [-0.2, 0) is 6.42 Å². The topological polar surface area (TPSA) is 27.3 Å². The van der Waals surface area contributed by atoms with Crippen LogP contribution in [0.5, 0.6) is 11.5 Å². The Morgan fingerprint density at radius 1 is 0.578 bits per heavy atom. The minimum Gasteiger partial charge on any atom is -0.460 e. The van der Waals surface area contributed by atoms with Crippen molar-refractivity contribution in [2.24, 2.45) is 0 Å². The maximum absolute atomic E-state index is 6.70. The summed E-state index contributed by atoms with van der Waals surface area (Å²) in [6.45, 7) is 0. The summed E-state index contributed by atoms with van der Waals surface area (Å²) in [5.41, 5.74) is 13.0. The zero-order valence-corrected chi connectivity index (χ0v) is 24.7. The number of hydrogen-bond donors (Lipinski definition) is 0.